The van der Waals surface area contributed by atoms with Gasteiger partial charge in [-0.25, -0.2) is 9.59 Å². The van der Waals surface area contributed by atoms with Gasteiger partial charge in [0.05, 0.1) is 11.7 Å². The van der Waals surface area contributed by atoms with Gasteiger partial charge in [-0.1, -0.05) is 19.8 Å². The van der Waals surface area contributed by atoms with Gasteiger partial charge >= 0.3 is 11.9 Å². The van der Waals surface area contributed by atoms with E-state index in [4.69, 9.17) is 9.84 Å². The van der Waals surface area contributed by atoms with E-state index in [1.54, 1.807) is 0 Å². The minimum atomic E-state index is -1.20. The number of cyclic esters (lactones) is 1. The quantitative estimate of drug-likeness (QED) is 0.682. The maximum Gasteiger partial charge on any atom is 0.335 e. The van der Waals surface area contributed by atoms with Gasteiger partial charge in [-0.15, -0.1) is 0 Å². The number of carboxylic acids is 1. The molecule has 1 heterocycles. The summed E-state index contributed by atoms with van der Waals surface area (Å²) < 4.78 is 4.86. The molecule has 5 nitrogen and oxygen atoms in total. The van der Waals surface area contributed by atoms with Crippen LogP contribution in [0.2, 0.25) is 0 Å². The molecule has 2 N–H and O–H groups in total. The molecule has 16 heavy (non-hydrogen) atoms. The molecule has 2 unspecified atom stereocenters. The minimum Gasteiger partial charge on any atom is -0.478 e. The first-order chi connectivity index (χ1) is 7.49. The molecule has 0 saturated carbocycles. The highest BCUT2D eigenvalue weighted by Gasteiger charge is 2.39. The highest BCUT2D eigenvalue weighted by atomic mass is 16.6. The fraction of sp³-hybridized carbons (Fsp3) is 0.636. The van der Waals surface area contributed by atoms with Crippen molar-refractivity contribution in [1.82, 2.24) is 0 Å². The van der Waals surface area contributed by atoms with Crippen LogP contribution in [-0.2, 0) is 14.3 Å². The van der Waals surface area contributed by atoms with Gasteiger partial charge in [-0.2, -0.15) is 0 Å². The predicted octanol–water partition coefficient (Wildman–Crippen LogP) is 0.864. The molecule has 1 rings (SSSR count). The van der Waals surface area contributed by atoms with Crippen molar-refractivity contribution in [2.24, 2.45) is 0 Å². The maximum absolute atomic E-state index is 11.2. The summed E-state index contributed by atoms with van der Waals surface area (Å²) >= 11 is 0. The van der Waals surface area contributed by atoms with Gasteiger partial charge in [-0.05, 0) is 13.3 Å². The standard InChI is InChI=1S/C11H16O5/c1-3-4-5-7(12)9-8(10(13)14)6(2)11(15)16-9/h7,9,12H,3-5H2,1-2H3,(H,13,14). The lowest BCUT2D eigenvalue weighted by Gasteiger charge is -2.18. The summed E-state index contributed by atoms with van der Waals surface area (Å²) in [6, 6.07) is 0. The maximum atomic E-state index is 11.2. The average Bonchev–Trinajstić information content (AvgIpc) is 2.52. The van der Waals surface area contributed by atoms with Crippen molar-refractivity contribution >= 4 is 11.9 Å². The van der Waals surface area contributed by atoms with Gasteiger partial charge in [0.25, 0.3) is 0 Å². The molecule has 0 aliphatic carbocycles. The van der Waals surface area contributed by atoms with E-state index in [2.05, 4.69) is 0 Å². The summed E-state index contributed by atoms with van der Waals surface area (Å²) in [5.41, 5.74) is -0.0401. The smallest absolute Gasteiger partial charge is 0.335 e. The zero-order valence-electron chi connectivity index (χ0n) is 9.40. The van der Waals surface area contributed by atoms with E-state index in [0.29, 0.717) is 6.42 Å². The van der Waals surface area contributed by atoms with Crippen molar-refractivity contribution in [3.05, 3.63) is 11.1 Å². The van der Waals surface area contributed by atoms with Gasteiger partial charge in [-0.3, -0.25) is 0 Å². The predicted molar refractivity (Wildman–Crippen MR) is 55.7 cm³/mol. The molecule has 1 aliphatic rings. The molecule has 0 fully saturated rings. The summed E-state index contributed by atoms with van der Waals surface area (Å²) in [5, 5.41) is 18.7. The Labute approximate surface area is 93.7 Å². The second kappa shape index (κ2) is 5.12. The summed E-state index contributed by atoms with van der Waals surface area (Å²) in [5.74, 6) is -1.86. The molecule has 0 aromatic carbocycles. The minimum absolute atomic E-state index is 0.0769. The number of carbonyl (C=O) groups excluding carboxylic acids is 1. The molecule has 0 bridgehead atoms. The van der Waals surface area contributed by atoms with Crippen molar-refractivity contribution in [2.45, 2.75) is 45.3 Å². The third-order valence-electron chi connectivity index (χ3n) is 2.66. The fourth-order valence-electron chi connectivity index (χ4n) is 1.70. The van der Waals surface area contributed by atoms with Gasteiger partial charge in [0.15, 0.2) is 6.10 Å². The summed E-state index contributed by atoms with van der Waals surface area (Å²) in [6.45, 7) is 3.37. The van der Waals surface area contributed by atoms with Crippen molar-refractivity contribution in [3.63, 3.8) is 0 Å². The zero-order valence-corrected chi connectivity index (χ0v) is 9.40. The van der Waals surface area contributed by atoms with Crippen molar-refractivity contribution in [2.75, 3.05) is 0 Å². The largest absolute Gasteiger partial charge is 0.478 e. The molecule has 0 spiro atoms. The van der Waals surface area contributed by atoms with Crippen LogP contribution in [0.25, 0.3) is 0 Å². The number of hydrogen-bond donors (Lipinski definition) is 2. The topological polar surface area (TPSA) is 83.8 Å². The van der Waals surface area contributed by atoms with Crippen LogP contribution in [0.3, 0.4) is 0 Å². The van der Waals surface area contributed by atoms with Gasteiger partial charge in [0.2, 0.25) is 0 Å². The van der Waals surface area contributed by atoms with E-state index in [-0.39, 0.29) is 11.1 Å². The van der Waals surface area contributed by atoms with Crippen LogP contribution >= 0.6 is 0 Å². The van der Waals surface area contributed by atoms with Crippen LogP contribution in [0.4, 0.5) is 0 Å². The van der Waals surface area contributed by atoms with Crippen molar-refractivity contribution in [1.29, 1.82) is 0 Å². The number of unbranched alkanes of at least 4 members (excludes halogenated alkanes) is 1. The Morgan fingerprint density at radius 3 is 2.69 bits per heavy atom. The Bertz CT molecular complexity index is 331. The Balaban J connectivity index is 2.82. The molecule has 1 aliphatic heterocycles. The van der Waals surface area contributed by atoms with Crippen LogP contribution in [0.15, 0.2) is 11.1 Å². The lowest BCUT2D eigenvalue weighted by atomic mass is 9.99. The Morgan fingerprint density at radius 1 is 1.56 bits per heavy atom. The number of esters is 1. The third-order valence-corrected chi connectivity index (χ3v) is 2.66. The number of aliphatic hydroxyl groups is 1. The number of hydrogen-bond acceptors (Lipinski definition) is 4. The van der Waals surface area contributed by atoms with E-state index < -0.39 is 24.1 Å². The second-order valence-corrected chi connectivity index (χ2v) is 3.88. The van der Waals surface area contributed by atoms with E-state index in [9.17, 15) is 14.7 Å². The molecule has 0 saturated heterocycles. The molecular formula is C11H16O5. The average molecular weight is 228 g/mol. The van der Waals surface area contributed by atoms with Gasteiger partial charge < -0.3 is 14.9 Å². The Kier molecular flexibility index (Phi) is 4.06. The molecule has 5 heteroatoms. The number of rotatable bonds is 5. The molecule has 0 amide bonds. The molecular weight excluding hydrogens is 212 g/mol. The van der Waals surface area contributed by atoms with Crippen molar-refractivity contribution in [3.8, 4) is 0 Å². The molecule has 2 atom stereocenters. The lowest BCUT2D eigenvalue weighted by Crippen LogP contribution is -2.31. The Morgan fingerprint density at radius 2 is 2.19 bits per heavy atom. The lowest BCUT2D eigenvalue weighted by molar-refractivity contribution is -0.145. The zero-order chi connectivity index (χ0) is 12.3. The third kappa shape index (κ3) is 2.41. The molecule has 0 radical (unpaired) electrons. The SMILES string of the molecule is CCCCC(O)C1OC(=O)C(C)=C1C(=O)O. The van der Waals surface area contributed by atoms with Crippen LogP contribution in [0.1, 0.15) is 33.1 Å². The summed E-state index contributed by atoms with van der Waals surface area (Å²) in [4.78, 5) is 22.2. The number of aliphatic carboxylic acids is 1. The monoisotopic (exact) mass is 228 g/mol. The molecule has 0 aromatic heterocycles. The van der Waals surface area contributed by atoms with Crippen molar-refractivity contribution < 1.29 is 24.5 Å². The Hall–Kier alpha value is -1.36. The first-order valence-electron chi connectivity index (χ1n) is 5.32. The second-order valence-electron chi connectivity index (χ2n) is 3.88. The van der Waals surface area contributed by atoms with Crippen LogP contribution < -0.4 is 0 Å². The summed E-state index contributed by atoms with van der Waals surface area (Å²) in [6.07, 6.45) is 0.131. The number of carboxylic acid groups (broad SMARTS) is 1. The highest BCUT2D eigenvalue weighted by Crippen LogP contribution is 2.26. The normalized spacial score (nSPS) is 22.2. The van der Waals surface area contributed by atoms with Gasteiger partial charge in [0.1, 0.15) is 0 Å². The van der Waals surface area contributed by atoms with Crippen LogP contribution in [0.5, 0.6) is 0 Å². The van der Waals surface area contributed by atoms with Crippen LogP contribution in [-0.4, -0.2) is 34.4 Å². The highest BCUT2D eigenvalue weighted by molar-refractivity contribution is 6.03. The van der Waals surface area contributed by atoms with Gasteiger partial charge in [0, 0.05) is 5.57 Å². The molecule has 90 valence electrons. The summed E-state index contributed by atoms with van der Waals surface area (Å²) in [7, 11) is 0. The van der Waals surface area contributed by atoms with E-state index >= 15 is 0 Å². The fourth-order valence-corrected chi connectivity index (χ4v) is 1.70. The first-order valence-corrected chi connectivity index (χ1v) is 5.32. The molecule has 0 aromatic rings. The van der Waals surface area contributed by atoms with E-state index in [1.807, 2.05) is 6.92 Å². The number of aliphatic hydroxyl groups excluding tert-OH is 1. The van der Waals surface area contributed by atoms with E-state index in [1.165, 1.54) is 6.92 Å². The number of carbonyl (C=O) groups is 2. The number of ether oxygens (including phenoxy) is 1. The first kappa shape index (κ1) is 12.7. The van der Waals surface area contributed by atoms with E-state index in [0.717, 1.165) is 12.8 Å². The van der Waals surface area contributed by atoms with Crippen LogP contribution in [0, 0.1) is 0 Å².